The van der Waals surface area contributed by atoms with Gasteiger partial charge in [0.25, 0.3) is 0 Å². The maximum Gasteiger partial charge on any atom is 0.338 e. The molecule has 2 atom stereocenters. The molecular weight excluding hydrogens is 594 g/mol. The van der Waals surface area contributed by atoms with Crippen LogP contribution in [0.5, 0.6) is 0 Å². The number of hydrogen-bond donors (Lipinski definition) is 1. The molecule has 13 heteroatoms. The number of hydrogen-bond acceptors (Lipinski definition) is 10. The number of amidine groups is 1. The summed E-state index contributed by atoms with van der Waals surface area (Å²) in [4.78, 5) is 39.9. The lowest BCUT2D eigenvalue weighted by Crippen LogP contribution is -2.38. The van der Waals surface area contributed by atoms with E-state index in [9.17, 15) is 18.4 Å². The van der Waals surface area contributed by atoms with Gasteiger partial charge in [0, 0.05) is 40.1 Å². The highest BCUT2D eigenvalue weighted by molar-refractivity contribution is 7.12. The maximum atomic E-state index is 14.6. The van der Waals surface area contributed by atoms with Crippen molar-refractivity contribution in [3.05, 3.63) is 77.8 Å². The van der Waals surface area contributed by atoms with Crippen molar-refractivity contribution in [3.63, 3.8) is 0 Å². The number of carbonyl (C=O) groups excluding carboxylic acids is 2. The highest BCUT2D eigenvalue weighted by atomic mass is 35.5. The average molecular weight is 623 g/mol. The Morgan fingerprint density at radius 3 is 2.78 bits per heavy atom. The van der Waals surface area contributed by atoms with Crippen molar-refractivity contribution in [2.45, 2.75) is 52.5 Å². The number of ether oxygens (including phenoxy) is 2. The molecule has 0 saturated carbocycles. The van der Waals surface area contributed by atoms with Crippen LogP contribution in [0.2, 0.25) is 5.02 Å². The van der Waals surface area contributed by atoms with Gasteiger partial charge in [-0.1, -0.05) is 25.1 Å². The van der Waals surface area contributed by atoms with Gasteiger partial charge in [0.2, 0.25) is 0 Å². The Morgan fingerprint density at radius 1 is 1.27 bits per heavy atom. The number of allylic oxidation sites excluding steroid dienone is 1. The van der Waals surface area contributed by atoms with Gasteiger partial charge in [0.1, 0.15) is 6.04 Å². The number of aryl methyl sites for hydroxylation is 2. The number of esters is 2. The van der Waals surface area contributed by atoms with E-state index < -0.39 is 28.7 Å². The van der Waals surface area contributed by atoms with Crippen LogP contribution >= 0.6 is 34.3 Å². The summed E-state index contributed by atoms with van der Waals surface area (Å²) in [5.74, 6) is -2.97. The number of rotatable bonds is 8. The summed E-state index contributed by atoms with van der Waals surface area (Å²) < 4.78 is 38.8. The van der Waals surface area contributed by atoms with Crippen LogP contribution in [0.3, 0.4) is 0 Å². The molecule has 0 amide bonds. The molecule has 41 heavy (non-hydrogen) atoms. The molecule has 2 unspecified atom stereocenters. The van der Waals surface area contributed by atoms with Crippen LogP contribution < -0.4 is 5.32 Å². The molecular formula is C28H29ClF2N4O4S2. The van der Waals surface area contributed by atoms with Gasteiger partial charge in [0.15, 0.2) is 22.5 Å². The normalized spacial score (nSPS) is 18.1. The minimum Gasteiger partial charge on any atom is -0.469 e. The summed E-state index contributed by atoms with van der Waals surface area (Å²) in [6, 6.07) is 1.27. The molecule has 2 aliphatic rings. The summed E-state index contributed by atoms with van der Waals surface area (Å²) in [6.45, 7) is 1.81. The molecule has 0 bridgehead atoms. The lowest BCUT2D eigenvalue weighted by atomic mass is 9.83. The van der Waals surface area contributed by atoms with E-state index in [4.69, 9.17) is 31.1 Å². The number of benzene rings is 1. The molecule has 0 radical (unpaired) electrons. The number of halogens is 3. The Bertz CT molecular complexity index is 1510. The van der Waals surface area contributed by atoms with Crippen molar-refractivity contribution < 1.29 is 27.8 Å². The molecule has 1 N–H and O–H groups in total. The van der Waals surface area contributed by atoms with Gasteiger partial charge in [-0.25, -0.2) is 23.5 Å². The predicted molar refractivity (Wildman–Crippen MR) is 154 cm³/mol. The Balaban J connectivity index is 0.00000387. The monoisotopic (exact) mass is 622 g/mol. The van der Waals surface area contributed by atoms with E-state index in [0.29, 0.717) is 42.2 Å². The van der Waals surface area contributed by atoms with Crippen LogP contribution in [-0.4, -0.2) is 41.5 Å². The Morgan fingerprint density at radius 2 is 2.07 bits per heavy atom. The number of aromatic nitrogens is 2. The molecule has 0 spiro atoms. The molecule has 0 saturated heterocycles. The number of methoxy groups -OCH3 is 1. The predicted octanol–water partition coefficient (Wildman–Crippen LogP) is 5.99. The topological polar surface area (TPSA) is 103 Å². The fraction of sp³-hybridized carbons (Fsp3) is 0.393. The second kappa shape index (κ2) is 13.2. The summed E-state index contributed by atoms with van der Waals surface area (Å²) in [5.41, 5.74) is 1.90. The number of carbonyl (C=O) groups is 2. The molecule has 1 aromatic carbocycles. The van der Waals surface area contributed by atoms with E-state index in [1.54, 1.807) is 18.5 Å². The van der Waals surface area contributed by atoms with Gasteiger partial charge in [-0.05, 0) is 32.3 Å². The van der Waals surface area contributed by atoms with E-state index in [1.165, 1.54) is 35.8 Å². The van der Waals surface area contributed by atoms with Gasteiger partial charge < -0.3 is 14.8 Å². The third-order valence-corrected chi connectivity index (χ3v) is 9.07. The van der Waals surface area contributed by atoms with Crippen molar-refractivity contribution in [1.82, 2.24) is 15.3 Å². The van der Waals surface area contributed by atoms with Crippen molar-refractivity contribution >= 4 is 52.0 Å². The molecule has 3 heterocycles. The summed E-state index contributed by atoms with van der Waals surface area (Å²) >= 11 is 9.17. The SMILES string of the molecule is C.CCOC(=O)C1=C(C2CCc3nc(CCC(=O)OC)sc3C2)NC(c2nccs2)=NC1c1ccc(F)c(F)c1Cl. The number of nitrogens with zero attached hydrogens (tertiary/aromatic N) is 3. The lowest BCUT2D eigenvalue weighted by molar-refractivity contribution is -0.141. The third-order valence-electron chi connectivity index (χ3n) is 6.73. The molecule has 2 aromatic heterocycles. The Labute approximate surface area is 249 Å². The van der Waals surface area contributed by atoms with Crippen molar-refractivity contribution in [2.75, 3.05) is 13.7 Å². The number of thiazole rings is 2. The van der Waals surface area contributed by atoms with Crippen molar-refractivity contribution in [1.29, 1.82) is 0 Å². The molecule has 1 aliphatic heterocycles. The van der Waals surface area contributed by atoms with E-state index >= 15 is 0 Å². The highest BCUT2D eigenvalue weighted by Crippen LogP contribution is 2.42. The molecule has 0 fully saturated rings. The first-order chi connectivity index (χ1) is 19.3. The summed E-state index contributed by atoms with van der Waals surface area (Å²) in [6.07, 6.45) is 4.28. The largest absolute Gasteiger partial charge is 0.469 e. The first-order valence-electron chi connectivity index (χ1n) is 12.6. The highest BCUT2D eigenvalue weighted by Gasteiger charge is 2.38. The standard InChI is InChI=1S/C27H25ClF2N4O4S2.CH4/c1-3-38-27(36)20-23(13-4-7-16-17(12-13)40-18(32-16)8-9-19(35)37-2)33-25(26-31-10-11-39-26)34-24(20)14-5-6-15(29)22(30)21(14)28;/h5-6,10-11,13,24H,3-4,7-9,12H2,1-2H3,(H,33,34);1H4. The maximum absolute atomic E-state index is 14.6. The lowest BCUT2D eigenvalue weighted by Gasteiger charge is -2.33. The second-order valence-corrected chi connectivity index (χ2v) is 11.6. The zero-order valence-electron chi connectivity index (χ0n) is 21.6. The zero-order valence-corrected chi connectivity index (χ0v) is 24.0. The first kappa shape index (κ1) is 30.7. The van der Waals surface area contributed by atoms with E-state index in [0.717, 1.165) is 21.6 Å². The van der Waals surface area contributed by atoms with Gasteiger partial charge in [-0.2, -0.15) is 0 Å². The molecule has 8 nitrogen and oxygen atoms in total. The summed E-state index contributed by atoms with van der Waals surface area (Å²) in [5, 5.41) is 6.11. The fourth-order valence-corrected chi connectivity index (χ4v) is 6.88. The van der Waals surface area contributed by atoms with Crippen LogP contribution in [0.25, 0.3) is 0 Å². The number of nitrogens with one attached hydrogen (secondary N) is 1. The number of aliphatic imine (C=N–C) groups is 1. The van der Waals surface area contributed by atoms with E-state index in [-0.39, 0.29) is 43.5 Å². The smallest absolute Gasteiger partial charge is 0.338 e. The van der Waals surface area contributed by atoms with Crippen LogP contribution in [-0.2, 0) is 38.3 Å². The van der Waals surface area contributed by atoms with Crippen molar-refractivity contribution in [3.8, 4) is 0 Å². The quantitative estimate of drug-likeness (QED) is 0.243. The molecule has 1 aliphatic carbocycles. The van der Waals surface area contributed by atoms with Gasteiger partial charge in [0.05, 0.1) is 41.4 Å². The number of fused-ring (bicyclic) bond motifs is 1. The summed E-state index contributed by atoms with van der Waals surface area (Å²) in [7, 11) is 1.36. The molecule has 5 rings (SSSR count). The molecule has 3 aromatic rings. The minimum atomic E-state index is -1.21. The zero-order chi connectivity index (χ0) is 28.4. The van der Waals surface area contributed by atoms with Crippen LogP contribution in [0.1, 0.15) is 59.4 Å². The minimum absolute atomic E-state index is 0. The fourth-order valence-electron chi connectivity index (χ4n) is 4.84. The van der Waals surface area contributed by atoms with Gasteiger partial charge in [-0.3, -0.25) is 9.79 Å². The van der Waals surface area contributed by atoms with Crippen molar-refractivity contribution in [2.24, 2.45) is 10.9 Å². The van der Waals surface area contributed by atoms with E-state index in [1.807, 2.05) is 0 Å². The van der Waals surface area contributed by atoms with Crippen LogP contribution in [0.15, 0.2) is 40.0 Å². The van der Waals surface area contributed by atoms with Gasteiger partial charge >= 0.3 is 11.9 Å². The third kappa shape index (κ3) is 6.34. The van der Waals surface area contributed by atoms with Gasteiger partial charge in [-0.15, -0.1) is 22.7 Å². The first-order valence-corrected chi connectivity index (χ1v) is 14.7. The van der Waals surface area contributed by atoms with Crippen LogP contribution in [0.4, 0.5) is 8.78 Å². The molecule has 218 valence electrons. The average Bonchev–Trinajstić information content (AvgIpc) is 3.64. The second-order valence-electron chi connectivity index (χ2n) is 9.15. The van der Waals surface area contributed by atoms with Crippen LogP contribution in [0, 0.1) is 17.6 Å². The Hall–Kier alpha value is -3.22. The van der Waals surface area contributed by atoms with E-state index in [2.05, 4.69) is 10.3 Å². The Kier molecular flexibility index (Phi) is 9.88.